The second kappa shape index (κ2) is 6.14. The van der Waals surface area contributed by atoms with Crippen molar-refractivity contribution in [2.45, 2.75) is 30.6 Å². The van der Waals surface area contributed by atoms with Crippen molar-refractivity contribution in [3.8, 4) is 11.5 Å². The van der Waals surface area contributed by atoms with Crippen LogP contribution in [-0.2, 0) is 10.0 Å². The maximum Gasteiger partial charge on any atom is 0.248 e. The first-order chi connectivity index (χ1) is 11.6. The quantitative estimate of drug-likeness (QED) is 0.833. The Hall–Kier alpha value is -1.99. The molecule has 2 heterocycles. The summed E-state index contributed by atoms with van der Waals surface area (Å²) < 4.78 is 32.2. The summed E-state index contributed by atoms with van der Waals surface area (Å²) in [6.07, 6.45) is 8.24. The lowest BCUT2D eigenvalue weighted by atomic mass is 10.2. The Bertz CT molecular complexity index is 845. The molecule has 0 unspecified atom stereocenters. The molecular formula is C17H19N3O3S. The molecule has 2 fully saturated rings. The molecule has 126 valence electrons. The third kappa shape index (κ3) is 3.14. The average molecular weight is 345 g/mol. The molecule has 0 amide bonds. The van der Waals surface area contributed by atoms with Crippen LogP contribution in [0.4, 0.5) is 0 Å². The molecule has 0 atom stereocenters. The second-order valence-corrected chi connectivity index (χ2v) is 8.22. The van der Waals surface area contributed by atoms with Crippen molar-refractivity contribution in [3.05, 3.63) is 36.2 Å². The summed E-state index contributed by atoms with van der Waals surface area (Å²) in [6, 6.07) is 6.63. The van der Waals surface area contributed by atoms with E-state index in [2.05, 4.69) is 16.3 Å². The van der Waals surface area contributed by atoms with Crippen molar-refractivity contribution in [2.24, 2.45) is 5.92 Å². The highest BCUT2D eigenvalue weighted by Gasteiger charge is 2.27. The Morgan fingerprint density at radius 2 is 1.79 bits per heavy atom. The van der Waals surface area contributed by atoms with Crippen molar-refractivity contribution >= 4 is 16.1 Å². The van der Waals surface area contributed by atoms with Crippen LogP contribution in [0.2, 0.25) is 0 Å². The van der Waals surface area contributed by atoms with E-state index < -0.39 is 10.0 Å². The van der Waals surface area contributed by atoms with Gasteiger partial charge in [-0.2, -0.15) is 4.31 Å². The third-order valence-corrected chi connectivity index (χ3v) is 6.29. The molecule has 0 radical (unpaired) electrons. The average Bonchev–Trinajstić information content (AvgIpc) is 3.07. The number of benzene rings is 1. The highest BCUT2D eigenvalue weighted by Crippen LogP contribution is 2.31. The number of aromatic nitrogens is 2. The van der Waals surface area contributed by atoms with Gasteiger partial charge in [-0.15, -0.1) is 10.2 Å². The fraction of sp³-hybridized carbons (Fsp3) is 0.412. The molecule has 1 aromatic heterocycles. The molecule has 1 aliphatic carbocycles. The van der Waals surface area contributed by atoms with Gasteiger partial charge in [-0.3, -0.25) is 0 Å². The van der Waals surface area contributed by atoms with Crippen LogP contribution in [0.1, 0.15) is 31.6 Å². The van der Waals surface area contributed by atoms with E-state index in [1.54, 1.807) is 24.3 Å². The Morgan fingerprint density at radius 1 is 1.08 bits per heavy atom. The molecule has 7 heteroatoms. The molecule has 1 saturated carbocycles. The van der Waals surface area contributed by atoms with E-state index in [-0.39, 0.29) is 0 Å². The first-order valence-corrected chi connectivity index (χ1v) is 9.69. The number of allylic oxidation sites excluding steroid dienone is 1. The highest BCUT2D eigenvalue weighted by molar-refractivity contribution is 7.89. The molecule has 4 rings (SSSR count). The first kappa shape index (κ1) is 15.5. The lowest BCUT2D eigenvalue weighted by molar-refractivity contribution is 0.477. The van der Waals surface area contributed by atoms with Crippen LogP contribution in [0.25, 0.3) is 17.5 Å². The number of hydrogen-bond acceptors (Lipinski definition) is 5. The normalized spacial score (nSPS) is 19.3. The lowest BCUT2D eigenvalue weighted by Crippen LogP contribution is -2.27. The van der Waals surface area contributed by atoms with Crippen molar-refractivity contribution < 1.29 is 12.8 Å². The van der Waals surface area contributed by atoms with E-state index in [9.17, 15) is 8.42 Å². The van der Waals surface area contributed by atoms with E-state index in [1.807, 2.05) is 6.08 Å². The number of rotatable bonds is 5. The molecule has 2 aliphatic rings. The van der Waals surface area contributed by atoms with Gasteiger partial charge in [-0.25, -0.2) is 8.42 Å². The van der Waals surface area contributed by atoms with Crippen LogP contribution < -0.4 is 0 Å². The Kier molecular flexibility index (Phi) is 3.97. The zero-order valence-electron chi connectivity index (χ0n) is 13.3. The van der Waals surface area contributed by atoms with Gasteiger partial charge in [0.25, 0.3) is 0 Å². The predicted molar refractivity (Wildman–Crippen MR) is 89.5 cm³/mol. The van der Waals surface area contributed by atoms with E-state index in [1.165, 1.54) is 17.1 Å². The minimum Gasteiger partial charge on any atom is -0.417 e. The van der Waals surface area contributed by atoms with Gasteiger partial charge in [-0.05, 0) is 61.9 Å². The zero-order chi connectivity index (χ0) is 16.6. The molecule has 6 nitrogen and oxygen atoms in total. The molecule has 1 aliphatic heterocycles. The smallest absolute Gasteiger partial charge is 0.248 e. The highest BCUT2D eigenvalue weighted by atomic mass is 32.2. The maximum atomic E-state index is 12.5. The van der Waals surface area contributed by atoms with Crippen molar-refractivity contribution in [2.75, 3.05) is 13.1 Å². The fourth-order valence-corrected chi connectivity index (χ4v) is 4.29. The molecule has 2 aromatic rings. The Morgan fingerprint density at radius 3 is 2.46 bits per heavy atom. The zero-order valence-corrected chi connectivity index (χ0v) is 14.1. The molecule has 24 heavy (non-hydrogen) atoms. The van der Waals surface area contributed by atoms with Crippen LogP contribution >= 0.6 is 0 Å². The van der Waals surface area contributed by atoms with Crippen molar-refractivity contribution in [1.82, 2.24) is 14.5 Å². The summed E-state index contributed by atoms with van der Waals surface area (Å²) in [7, 11) is -3.39. The first-order valence-electron chi connectivity index (χ1n) is 8.25. The SMILES string of the molecule is O=S(=O)(c1ccc(-c2nnc(/C=C/C3CC3)o2)cc1)N1CCCC1. The van der Waals surface area contributed by atoms with Crippen LogP contribution in [0.15, 0.2) is 39.7 Å². The van der Waals surface area contributed by atoms with Gasteiger partial charge >= 0.3 is 0 Å². The van der Waals surface area contributed by atoms with Gasteiger partial charge in [-0.1, -0.05) is 6.08 Å². The molecule has 0 bridgehead atoms. The van der Waals surface area contributed by atoms with Gasteiger partial charge in [0.2, 0.25) is 21.8 Å². The number of sulfonamides is 1. The van der Waals surface area contributed by atoms with E-state index in [0.717, 1.165) is 12.8 Å². The molecular weight excluding hydrogens is 326 g/mol. The van der Waals surface area contributed by atoms with E-state index >= 15 is 0 Å². The minimum atomic E-state index is -3.39. The maximum absolute atomic E-state index is 12.5. The molecule has 0 N–H and O–H groups in total. The summed E-state index contributed by atoms with van der Waals surface area (Å²) in [5.74, 6) is 1.52. The van der Waals surface area contributed by atoms with Crippen LogP contribution in [-0.4, -0.2) is 36.0 Å². The molecule has 0 spiro atoms. The van der Waals surface area contributed by atoms with Gasteiger partial charge in [0.05, 0.1) is 4.90 Å². The van der Waals surface area contributed by atoms with Crippen molar-refractivity contribution in [1.29, 1.82) is 0 Å². The number of nitrogens with zero attached hydrogens (tertiary/aromatic N) is 3. The largest absolute Gasteiger partial charge is 0.417 e. The van der Waals surface area contributed by atoms with Gasteiger partial charge in [0.15, 0.2) is 0 Å². The summed E-state index contributed by atoms with van der Waals surface area (Å²) in [5, 5.41) is 8.02. The topological polar surface area (TPSA) is 76.3 Å². The van der Waals surface area contributed by atoms with Crippen molar-refractivity contribution in [3.63, 3.8) is 0 Å². The standard InChI is InChI=1S/C17H19N3O3S/c21-24(22,20-11-1-2-12-20)15-8-6-14(7-9-15)17-19-18-16(23-17)10-5-13-3-4-13/h5-10,13H,1-4,11-12H2/b10-5+. The third-order valence-electron chi connectivity index (χ3n) is 4.38. The molecule has 1 aromatic carbocycles. The Labute approximate surface area is 141 Å². The van der Waals surface area contributed by atoms with Gasteiger partial charge in [0.1, 0.15) is 0 Å². The van der Waals surface area contributed by atoms with E-state index in [0.29, 0.717) is 41.2 Å². The van der Waals surface area contributed by atoms with Gasteiger partial charge < -0.3 is 4.42 Å². The predicted octanol–water partition coefficient (Wildman–Crippen LogP) is 2.94. The van der Waals surface area contributed by atoms with E-state index in [4.69, 9.17) is 4.42 Å². The van der Waals surface area contributed by atoms with Crippen LogP contribution in [0, 0.1) is 5.92 Å². The van der Waals surface area contributed by atoms with Crippen LogP contribution in [0.5, 0.6) is 0 Å². The minimum absolute atomic E-state index is 0.307. The summed E-state index contributed by atoms with van der Waals surface area (Å²) in [6.45, 7) is 1.20. The summed E-state index contributed by atoms with van der Waals surface area (Å²) in [4.78, 5) is 0.307. The number of hydrogen-bond donors (Lipinski definition) is 0. The Balaban J connectivity index is 1.53. The summed E-state index contributed by atoms with van der Waals surface area (Å²) in [5.41, 5.74) is 0.717. The van der Waals surface area contributed by atoms with Crippen LogP contribution in [0.3, 0.4) is 0 Å². The second-order valence-electron chi connectivity index (χ2n) is 6.28. The summed E-state index contributed by atoms with van der Waals surface area (Å²) >= 11 is 0. The van der Waals surface area contributed by atoms with Gasteiger partial charge in [0, 0.05) is 18.7 Å². The fourth-order valence-electron chi connectivity index (χ4n) is 2.77. The lowest BCUT2D eigenvalue weighted by Gasteiger charge is -2.15. The molecule has 1 saturated heterocycles. The monoisotopic (exact) mass is 345 g/mol.